The number of amides is 2. The maximum atomic E-state index is 12.6. The number of aliphatic hydroxyl groups is 2. The third-order valence-corrected chi connectivity index (χ3v) is 4.78. The smallest absolute Gasteiger partial charge is 0.255 e. The number of nitrogens with one attached hydrogen (secondary N) is 2. The predicted octanol–water partition coefficient (Wildman–Crippen LogP) is 3.71. The molecule has 0 heterocycles. The van der Waals surface area contributed by atoms with E-state index in [1.165, 1.54) is 0 Å². The fourth-order valence-electron chi connectivity index (χ4n) is 3.01. The minimum Gasteiger partial charge on any atom is -0.488 e. The number of anilines is 2. The maximum Gasteiger partial charge on any atom is 0.255 e. The van der Waals surface area contributed by atoms with E-state index in [0.717, 1.165) is 0 Å². The lowest BCUT2D eigenvalue weighted by Crippen LogP contribution is -2.17. The molecule has 178 valence electrons. The molecule has 2 unspecified atom stereocenters. The zero-order valence-corrected chi connectivity index (χ0v) is 19.0. The summed E-state index contributed by atoms with van der Waals surface area (Å²) in [4.78, 5) is 25.2. The largest absolute Gasteiger partial charge is 0.488 e. The first kappa shape index (κ1) is 24.8. The van der Waals surface area contributed by atoms with E-state index in [9.17, 15) is 9.59 Å². The summed E-state index contributed by atoms with van der Waals surface area (Å²) in [6.45, 7) is 3.26. The molecule has 0 radical (unpaired) electrons. The summed E-state index contributed by atoms with van der Waals surface area (Å²) in [6, 6.07) is 20.1. The second-order valence-corrected chi connectivity index (χ2v) is 7.76. The summed E-state index contributed by atoms with van der Waals surface area (Å²) in [6.07, 6.45) is -0.715. The topological polar surface area (TPSA) is 117 Å². The summed E-state index contributed by atoms with van der Waals surface area (Å²) >= 11 is 0. The number of benzene rings is 3. The van der Waals surface area contributed by atoms with Gasteiger partial charge >= 0.3 is 0 Å². The number of rotatable bonds is 10. The lowest BCUT2D eigenvalue weighted by atomic mass is 10.1. The molecule has 0 aliphatic heterocycles. The molecule has 0 aromatic heterocycles. The van der Waals surface area contributed by atoms with Gasteiger partial charge in [0.05, 0.1) is 13.2 Å². The van der Waals surface area contributed by atoms with Crippen molar-refractivity contribution in [2.45, 2.75) is 26.1 Å². The van der Waals surface area contributed by atoms with E-state index in [-0.39, 0.29) is 37.2 Å². The Hall–Kier alpha value is -3.88. The van der Waals surface area contributed by atoms with Gasteiger partial charge in [0.15, 0.2) is 0 Å². The van der Waals surface area contributed by atoms with Crippen molar-refractivity contribution in [1.29, 1.82) is 0 Å². The molecule has 3 rings (SSSR count). The number of aliphatic hydroxyl groups excluding tert-OH is 2. The molecule has 0 saturated carbocycles. The van der Waals surface area contributed by atoms with Crippen LogP contribution in [0.5, 0.6) is 11.5 Å². The second-order valence-electron chi connectivity index (χ2n) is 7.76. The Kier molecular flexibility index (Phi) is 8.61. The van der Waals surface area contributed by atoms with Crippen LogP contribution in [-0.2, 0) is 0 Å². The molecule has 0 aliphatic rings. The van der Waals surface area contributed by atoms with E-state index in [1.807, 2.05) is 0 Å². The van der Waals surface area contributed by atoms with Crippen molar-refractivity contribution < 1.29 is 29.3 Å². The highest BCUT2D eigenvalue weighted by Gasteiger charge is 2.11. The van der Waals surface area contributed by atoms with E-state index in [2.05, 4.69) is 10.6 Å². The van der Waals surface area contributed by atoms with Crippen molar-refractivity contribution >= 4 is 23.2 Å². The molecule has 0 fully saturated rings. The number of carbonyl (C=O) groups is 2. The Bertz CT molecular complexity index is 1030. The van der Waals surface area contributed by atoms with E-state index < -0.39 is 0 Å². The van der Waals surface area contributed by atoms with Crippen LogP contribution in [0.1, 0.15) is 34.6 Å². The van der Waals surface area contributed by atoms with Crippen molar-refractivity contribution in [3.05, 3.63) is 83.9 Å². The summed E-state index contributed by atoms with van der Waals surface area (Å²) in [5, 5.41) is 23.8. The fourth-order valence-corrected chi connectivity index (χ4v) is 3.01. The molecular weight excluding hydrogens is 436 g/mol. The Morgan fingerprint density at radius 1 is 0.706 bits per heavy atom. The van der Waals surface area contributed by atoms with Crippen molar-refractivity contribution in [2.75, 3.05) is 23.8 Å². The van der Waals surface area contributed by atoms with E-state index in [4.69, 9.17) is 19.7 Å². The van der Waals surface area contributed by atoms with Crippen LogP contribution in [0, 0.1) is 0 Å². The number of carbonyl (C=O) groups excluding carboxylic acids is 2. The van der Waals surface area contributed by atoms with Crippen LogP contribution in [0.25, 0.3) is 0 Å². The van der Waals surface area contributed by atoms with Gasteiger partial charge in [-0.25, -0.2) is 0 Å². The average Bonchev–Trinajstić information content (AvgIpc) is 2.84. The zero-order valence-electron chi connectivity index (χ0n) is 19.0. The Morgan fingerprint density at radius 3 is 1.44 bits per heavy atom. The van der Waals surface area contributed by atoms with Crippen molar-refractivity contribution in [3.63, 3.8) is 0 Å². The summed E-state index contributed by atoms with van der Waals surface area (Å²) < 4.78 is 11.1. The summed E-state index contributed by atoms with van der Waals surface area (Å²) in [5.74, 6) is 0.405. The van der Waals surface area contributed by atoms with Crippen LogP contribution in [0.2, 0.25) is 0 Å². The standard InChI is InChI=1S/C26H28N2O6/c1-17(15-29)33-23-7-3-5-21(13-23)27-25(31)19-9-11-20(12-10-19)26(32)28-22-6-4-8-24(14-22)34-18(2)16-30/h3-14,17-18,29-30H,15-16H2,1-2H3,(H,27,31)(H,28,32). The van der Waals surface area contributed by atoms with Crippen LogP contribution in [-0.4, -0.2) is 47.4 Å². The molecule has 8 nitrogen and oxygen atoms in total. The first-order chi connectivity index (χ1) is 16.4. The Balaban J connectivity index is 1.61. The Morgan fingerprint density at radius 2 is 1.09 bits per heavy atom. The molecular formula is C26H28N2O6. The fraction of sp³-hybridized carbons (Fsp3) is 0.231. The van der Waals surface area contributed by atoms with Gasteiger partial charge in [0.2, 0.25) is 0 Å². The highest BCUT2D eigenvalue weighted by molar-refractivity contribution is 6.07. The lowest BCUT2D eigenvalue weighted by Gasteiger charge is -2.13. The van der Waals surface area contributed by atoms with Gasteiger partial charge in [0.25, 0.3) is 11.8 Å². The molecule has 0 bridgehead atoms. The first-order valence-electron chi connectivity index (χ1n) is 10.9. The Labute approximate surface area is 198 Å². The number of hydrogen-bond donors (Lipinski definition) is 4. The van der Waals surface area contributed by atoms with E-state index >= 15 is 0 Å². The van der Waals surface area contributed by atoms with Gasteiger partial charge in [-0.1, -0.05) is 12.1 Å². The number of hydrogen-bond acceptors (Lipinski definition) is 6. The highest BCUT2D eigenvalue weighted by atomic mass is 16.5. The molecule has 3 aromatic carbocycles. The SMILES string of the molecule is CC(CO)Oc1cccc(NC(=O)c2ccc(C(=O)Nc3cccc(OC(C)CO)c3)cc2)c1. The molecule has 4 N–H and O–H groups in total. The third kappa shape index (κ3) is 7.06. The van der Waals surface area contributed by atoms with Crippen LogP contribution in [0.3, 0.4) is 0 Å². The van der Waals surface area contributed by atoms with E-state index in [1.54, 1.807) is 86.6 Å². The first-order valence-corrected chi connectivity index (χ1v) is 10.9. The molecule has 0 saturated heterocycles. The normalized spacial score (nSPS) is 12.4. The summed E-state index contributed by atoms with van der Waals surface area (Å²) in [5.41, 5.74) is 1.87. The van der Waals surface area contributed by atoms with Gasteiger partial charge in [-0.2, -0.15) is 0 Å². The van der Waals surface area contributed by atoms with Gasteiger partial charge in [-0.3, -0.25) is 9.59 Å². The van der Waals surface area contributed by atoms with Crippen LogP contribution in [0.4, 0.5) is 11.4 Å². The van der Waals surface area contributed by atoms with Crippen molar-refractivity contribution in [2.24, 2.45) is 0 Å². The molecule has 34 heavy (non-hydrogen) atoms. The van der Waals surface area contributed by atoms with E-state index in [0.29, 0.717) is 34.0 Å². The average molecular weight is 465 g/mol. The maximum absolute atomic E-state index is 12.6. The van der Waals surface area contributed by atoms with Crippen LogP contribution in [0.15, 0.2) is 72.8 Å². The van der Waals surface area contributed by atoms with Gasteiger partial charge < -0.3 is 30.3 Å². The molecule has 0 spiro atoms. The molecule has 2 atom stereocenters. The minimum absolute atomic E-state index is 0.112. The van der Waals surface area contributed by atoms with Crippen LogP contribution < -0.4 is 20.1 Å². The molecule has 2 amide bonds. The monoisotopic (exact) mass is 464 g/mol. The zero-order chi connectivity index (χ0) is 24.5. The number of ether oxygens (including phenoxy) is 2. The van der Waals surface area contributed by atoms with Crippen molar-refractivity contribution in [1.82, 2.24) is 0 Å². The lowest BCUT2D eigenvalue weighted by molar-refractivity contribution is 0.101. The van der Waals surface area contributed by atoms with Gasteiger partial charge in [0, 0.05) is 34.6 Å². The predicted molar refractivity (Wildman–Crippen MR) is 130 cm³/mol. The van der Waals surface area contributed by atoms with Gasteiger partial charge in [-0.05, 0) is 62.4 Å². The molecule has 3 aromatic rings. The van der Waals surface area contributed by atoms with Crippen molar-refractivity contribution in [3.8, 4) is 11.5 Å². The minimum atomic E-state index is -0.358. The molecule has 0 aliphatic carbocycles. The van der Waals surface area contributed by atoms with Crippen LogP contribution >= 0.6 is 0 Å². The quantitative estimate of drug-likeness (QED) is 0.363. The van der Waals surface area contributed by atoms with Gasteiger partial charge in [-0.15, -0.1) is 0 Å². The second kappa shape index (κ2) is 11.8. The highest BCUT2D eigenvalue weighted by Crippen LogP contribution is 2.21. The molecule has 8 heteroatoms. The van der Waals surface area contributed by atoms with Gasteiger partial charge in [0.1, 0.15) is 23.7 Å². The summed E-state index contributed by atoms with van der Waals surface area (Å²) in [7, 11) is 0. The third-order valence-electron chi connectivity index (χ3n) is 4.78.